The van der Waals surface area contributed by atoms with Gasteiger partial charge in [-0.05, 0) is 60.4 Å². The van der Waals surface area contributed by atoms with Gasteiger partial charge in [0.1, 0.15) is 5.75 Å². The summed E-state index contributed by atoms with van der Waals surface area (Å²) in [5.41, 5.74) is 9.67. The maximum Gasteiger partial charge on any atom is 0.122 e. The van der Waals surface area contributed by atoms with Crippen molar-refractivity contribution in [1.82, 2.24) is 0 Å². The molecule has 0 saturated heterocycles. The molecule has 0 saturated carbocycles. The summed E-state index contributed by atoms with van der Waals surface area (Å²) in [5, 5.41) is 0.695. The van der Waals surface area contributed by atoms with Crippen LogP contribution in [-0.4, -0.2) is 7.11 Å². The molecule has 2 aromatic rings. The maximum atomic E-state index is 6.34. The van der Waals surface area contributed by atoms with Crippen molar-refractivity contribution in [1.29, 1.82) is 0 Å². The predicted octanol–water partition coefficient (Wildman–Crippen LogP) is 4.66. The second-order valence-electron chi connectivity index (χ2n) is 4.77. The molecule has 2 rings (SSSR count). The number of hydrogen-bond donors (Lipinski definition) is 1. The fourth-order valence-corrected chi connectivity index (χ4v) is 2.98. The Morgan fingerprint density at radius 3 is 2.65 bits per heavy atom. The van der Waals surface area contributed by atoms with Crippen LogP contribution in [0.4, 0.5) is 0 Å². The summed E-state index contributed by atoms with van der Waals surface area (Å²) in [4.78, 5) is 0. The monoisotopic (exact) mass is 353 g/mol. The molecule has 0 aliphatic heterocycles. The fourth-order valence-electron chi connectivity index (χ4n) is 2.31. The Hall–Kier alpha value is -1.03. The van der Waals surface area contributed by atoms with E-state index < -0.39 is 0 Å². The van der Waals surface area contributed by atoms with Crippen LogP contribution >= 0.6 is 27.5 Å². The van der Waals surface area contributed by atoms with E-state index in [4.69, 9.17) is 22.1 Å². The lowest BCUT2D eigenvalue weighted by atomic mass is 9.96. The lowest BCUT2D eigenvalue weighted by Gasteiger charge is -2.17. The molecule has 0 bridgehead atoms. The molecular formula is C16H17BrClNO. The Morgan fingerprint density at radius 2 is 2.00 bits per heavy atom. The van der Waals surface area contributed by atoms with Gasteiger partial charge in [0.05, 0.1) is 7.11 Å². The first-order valence-corrected chi connectivity index (χ1v) is 7.52. The standard InChI is InChI=1S/C16H17BrClNO/c1-10-7-12(17)3-5-14(10)15(19)9-11-8-13(18)4-6-16(11)20-2/h3-8,15H,9,19H2,1-2H3. The highest BCUT2D eigenvalue weighted by Crippen LogP contribution is 2.28. The summed E-state index contributed by atoms with van der Waals surface area (Å²) in [6.07, 6.45) is 0.687. The van der Waals surface area contributed by atoms with E-state index >= 15 is 0 Å². The zero-order valence-corrected chi connectivity index (χ0v) is 13.8. The molecule has 2 aromatic carbocycles. The Kier molecular flexibility index (Phi) is 5.08. The van der Waals surface area contributed by atoms with Gasteiger partial charge in [0.2, 0.25) is 0 Å². The number of hydrogen-bond acceptors (Lipinski definition) is 2. The van der Waals surface area contributed by atoms with Gasteiger partial charge < -0.3 is 10.5 Å². The summed E-state index contributed by atoms with van der Waals surface area (Å²) in [7, 11) is 1.66. The molecule has 20 heavy (non-hydrogen) atoms. The highest BCUT2D eigenvalue weighted by molar-refractivity contribution is 9.10. The first kappa shape index (κ1) is 15.4. The smallest absolute Gasteiger partial charge is 0.122 e. The summed E-state index contributed by atoms with van der Waals surface area (Å²) in [6, 6.07) is 11.7. The number of aryl methyl sites for hydroxylation is 1. The van der Waals surface area contributed by atoms with Gasteiger partial charge in [0, 0.05) is 15.5 Å². The predicted molar refractivity (Wildman–Crippen MR) is 87.5 cm³/mol. The molecule has 1 unspecified atom stereocenters. The molecule has 0 aromatic heterocycles. The van der Waals surface area contributed by atoms with Crippen molar-refractivity contribution in [3.63, 3.8) is 0 Å². The van der Waals surface area contributed by atoms with E-state index in [2.05, 4.69) is 35.0 Å². The van der Waals surface area contributed by atoms with Crippen molar-refractivity contribution in [2.75, 3.05) is 7.11 Å². The molecule has 2 nitrogen and oxygen atoms in total. The van der Waals surface area contributed by atoms with Crippen molar-refractivity contribution >= 4 is 27.5 Å². The molecule has 106 valence electrons. The third-order valence-electron chi connectivity index (χ3n) is 3.31. The molecule has 0 fully saturated rings. The maximum absolute atomic E-state index is 6.34. The molecule has 0 spiro atoms. The number of methoxy groups -OCH3 is 1. The Labute approximate surface area is 133 Å². The Bertz CT molecular complexity index is 615. The number of rotatable bonds is 4. The van der Waals surface area contributed by atoms with Crippen LogP contribution in [0.3, 0.4) is 0 Å². The lowest BCUT2D eigenvalue weighted by molar-refractivity contribution is 0.408. The van der Waals surface area contributed by atoms with E-state index in [0.717, 1.165) is 21.3 Å². The van der Waals surface area contributed by atoms with E-state index in [1.54, 1.807) is 7.11 Å². The van der Waals surface area contributed by atoms with Gasteiger partial charge in [-0.15, -0.1) is 0 Å². The topological polar surface area (TPSA) is 35.2 Å². The van der Waals surface area contributed by atoms with Crippen LogP contribution in [0.5, 0.6) is 5.75 Å². The molecule has 0 aliphatic carbocycles. The summed E-state index contributed by atoms with van der Waals surface area (Å²) < 4.78 is 6.43. The minimum absolute atomic E-state index is 0.0875. The minimum atomic E-state index is -0.0875. The zero-order chi connectivity index (χ0) is 14.7. The van der Waals surface area contributed by atoms with E-state index in [1.165, 1.54) is 5.56 Å². The summed E-state index contributed by atoms with van der Waals surface area (Å²) in [6.45, 7) is 2.06. The first-order chi connectivity index (χ1) is 9.51. The van der Waals surface area contributed by atoms with Gasteiger partial charge in [-0.1, -0.05) is 33.6 Å². The SMILES string of the molecule is COc1ccc(Cl)cc1CC(N)c1ccc(Br)cc1C. The van der Waals surface area contributed by atoms with Crippen molar-refractivity contribution in [2.45, 2.75) is 19.4 Å². The van der Waals surface area contributed by atoms with Crippen molar-refractivity contribution in [2.24, 2.45) is 5.73 Å². The average Bonchev–Trinajstić information content (AvgIpc) is 2.38. The van der Waals surface area contributed by atoms with Crippen molar-refractivity contribution < 1.29 is 4.74 Å². The van der Waals surface area contributed by atoms with Crippen molar-refractivity contribution in [3.05, 3.63) is 62.6 Å². The first-order valence-electron chi connectivity index (χ1n) is 6.35. The Balaban J connectivity index is 2.27. The third kappa shape index (κ3) is 3.54. The number of ether oxygens (including phenoxy) is 1. The van der Waals surface area contributed by atoms with Crippen LogP contribution in [0.2, 0.25) is 5.02 Å². The van der Waals surface area contributed by atoms with Crippen LogP contribution in [0.1, 0.15) is 22.7 Å². The van der Waals surface area contributed by atoms with Crippen LogP contribution in [0.25, 0.3) is 0 Å². The molecule has 4 heteroatoms. The molecule has 2 N–H and O–H groups in total. The molecule has 0 heterocycles. The zero-order valence-electron chi connectivity index (χ0n) is 11.5. The van der Waals surface area contributed by atoms with Gasteiger partial charge in [-0.3, -0.25) is 0 Å². The Morgan fingerprint density at radius 1 is 1.25 bits per heavy atom. The molecule has 0 amide bonds. The highest BCUT2D eigenvalue weighted by Gasteiger charge is 2.13. The molecule has 0 aliphatic rings. The van der Waals surface area contributed by atoms with E-state index in [-0.39, 0.29) is 6.04 Å². The second-order valence-corrected chi connectivity index (χ2v) is 6.12. The van der Waals surface area contributed by atoms with Gasteiger partial charge in [0.25, 0.3) is 0 Å². The van der Waals surface area contributed by atoms with E-state index in [1.807, 2.05) is 24.3 Å². The van der Waals surface area contributed by atoms with Gasteiger partial charge >= 0.3 is 0 Å². The van der Waals surface area contributed by atoms with Gasteiger partial charge in [-0.2, -0.15) is 0 Å². The number of nitrogens with two attached hydrogens (primary N) is 1. The van der Waals surface area contributed by atoms with Gasteiger partial charge in [0.15, 0.2) is 0 Å². The summed E-state index contributed by atoms with van der Waals surface area (Å²) in [5.74, 6) is 0.819. The highest BCUT2D eigenvalue weighted by atomic mass is 79.9. The van der Waals surface area contributed by atoms with E-state index in [0.29, 0.717) is 11.4 Å². The third-order valence-corrected chi connectivity index (χ3v) is 4.04. The summed E-state index contributed by atoms with van der Waals surface area (Å²) >= 11 is 9.52. The number of halogens is 2. The van der Waals surface area contributed by atoms with Crippen molar-refractivity contribution in [3.8, 4) is 5.75 Å². The quantitative estimate of drug-likeness (QED) is 0.866. The van der Waals surface area contributed by atoms with E-state index in [9.17, 15) is 0 Å². The minimum Gasteiger partial charge on any atom is -0.496 e. The molecule has 0 radical (unpaired) electrons. The lowest BCUT2D eigenvalue weighted by Crippen LogP contribution is -2.15. The number of benzene rings is 2. The fraction of sp³-hybridized carbons (Fsp3) is 0.250. The largest absolute Gasteiger partial charge is 0.496 e. The second kappa shape index (κ2) is 6.61. The molecule has 1 atom stereocenters. The van der Waals surface area contributed by atoms with Crippen LogP contribution in [0.15, 0.2) is 40.9 Å². The van der Waals surface area contributed by atoms with Crippen LogP contribution < -0.4 is 10.5 Å². The normalized spacial score (nSPS) is 12.2. The van der Waals surface area contributed by atoms with Gasteiger partial charge in [-0.25, -0.2) is 0 Å². The van der Waals surface area contributed by atoms with Crippen LogP contribution in [-0.2, 0) is 6.42 Å². The molecular weight excluding hydrogens is 338 g/mol. The van der Waals surface area contributed by atoms with Crippen LogP contribution in [0, 0.1) is 6.92 Å². The average molecular weight is 355 g/mol.